The Bertz CT molecular complexity index is 327. The summed E-state index contributed by atoms with van der Waals surface area (Å²) >= 11 is 16.1. The van der Waals surface area contributed by atoms with Crippen LogP contribution in [0.25, 0.3) is 6.08 Å². The topological polar surface area (TPSA) is 26.0 Å². The van der Waals surface area contributed by atoms with Crippen LogP contribution < -0.4 is 5.73 Å². The van der Waals surface area contributed by atoms with Crippen LogP contribution >= 0.6 is 35.8 Å². The summed E-state index contributed by atoms with van der Waals surface area (Å²) in [5, 5.41) is 1.15. The fourth-order valence-corrected chi connectivity index (χ4v) is 1.82. The quantitative estimate of drug-likeness (QED) is 0.615. The monoisotopic (exact) mass is 247 g/mol. The first-order valence-corrected chi connectivity index (χ1v) is 5.56. The summed E-state index contributed by atoms with van der Waals surface area (Å²) < 4.78 is 0. The van der Waals surface area contributed by atoms with Crippen molar-refractivity contribution in [2.75, 3.05) is 11.5 Å². The Morgan fingerprint density at radius 2 is 1.86 bits per heavy atom. The summed E-state index contributed by atoms with van der Waals surface area (Å²) in [5.41, 5.74) is 6.96. The highest BCUT2D eigenvalue weighted by atomic mass is 35.5. The van der Waals surface area contributed by atoms with Crippen LogP contribution in [0.2, 0.25) is 10.0 Å². The Labute approximate surface area is 99.3 Å². The summed E-state index contributed by atoms with van der Waals surface area (Å²) in [6, 6.07) is 3.38. The Morgan fingerprint density at radius 3 is 2.36 bits per heavy atom. The van der Waals surface area contributed by atoms with E-state index in [0.29, 0.717) is 15.7 Å². The first-order chi connectivity index (χ1) is 6.65. The minimum absolute atomic E-state index is 0.574. The van der Waals surface area contributed by atoms with E-state index >= 15 is 0 Å². The number of benzene rings is 1. The number of hydrogen-bond acceptors (Lipinski definition) is 2. The highest BCUT2D eigenvalue weighted by Crippen LogP contribution is 2.28. The van der Waals surface area contributed by atoms with Crippen molar-refractivity contribution in [1.82, 2.24) is 0 Å². The fourth-order valence-electron chi connectivity index (χ4n) is 1.04. The number of nitrogen functional groups attached to an aromatic ring is 1. The molecule has 1 nitrogen and oxygen atoms in total. The van der Waals surface area contributed by atoms with E-state index in [2.05, 4.69) is 12.6 Å². The molecule has 0 radical (unpaired) electrons. The summed E-state index contributed by atoms with van der Waals surface area (Å²) in [6.07, 6.45) is 4.76. The maximum atomic E-state index is 5.98. The van der Waals surface area contributed by atoms with Crippen molar-refractivity contribution in [2.24, 2.45) is 0 Å². The van der Waals surface area contributed by atoms with Gasteiger partial charge in [0.25, 0.3) is 0 Å². The van der Waals surface area contributed by atoms with Crippen LogP contribution in [0.5, 0.6) is 0 Å². The molecule has 0 aliphatic rings. The second-order valence-electron chi connectivity index (χ2n) is 2.81. The number of thiol groups is 1. The van der Waals surface area contributed by atoms with E-state index in [1.54, 1.807) is 12.1 Å². The van der Waals surface area contributed by atoms with Crippen molar-refractivity contribution in [1.29, 1.82) is 0 Å². The van der Waals surface area contributed by atoms with E-state index in [0.717, 1.165) is 17.7 Å². The minimum Gasteiger partial charge on any atom is -0.399 e. The molecule has 76 valence electrons. The van der Waals surface area contributed by atoms with Crippen LogP contribution in [0, 0.1) is 0 Å². The minimum atomic E-state index is 0.574. The fraction of sp³-hybridized carbons (Fsp3) is 0.200. The Kier molecular flexibility index (Phi) is 4.66. The third kappa shape index (κ3) is 3.12. The standard InChI is InChI=1S/C10H11Cl2NS/c11-9-5-7(13)6-10(12)8(9)3-1-2-4-14/h1,3,5-6,14H,2,4,13H2. The number of hydrogen-bond donors (Lipinski definition) is 2. The average molecular weight is 248 g/mol. The van der Waals surface area contributed by atoms with Gasteiger partial charge in [0.05, 0.1) is 10.0 Å². The van der Waals surface area contributed by atoms with Gasteiger partial charge < -0.3 is 5.73 Å². The van der Waals surface area contributed by atoms with Crippen LogP contribution in [0.1, 0.15) is 12.0 Å². The molecular formula is C10H11Cl2NS. The Balaban J connectivity index is 2.96. The van der Waals surface area contributed by atoms with Gasteiger partial charge in [-0.3, -0.25) is 0 Å². The van der Waals surface area contributed by atoms with Gasteiger partial charge in [-0.25, -0.2) is 0 Å². The molecule has 0 heterocycles. The molecule has 0 saturated carbocycles. The predicted octanol–water partition coefficient (Wildman–Crippen LogP) is 3.91. The molecule has 0 aliphatic carbocycles. The molecule has 14 heavy (non-hydrogen) atoms. The number of anilines is 1. The number of halogens is 2. The molecule has 0 aliphatic heterocycles. The van der Waals surface area contributed by atoms with Gasteiger partial charge in [0.1, 0.15) is 0 Å². The normalized spacial score (nSPS) is 11.1. The van der Waals surface area contributed by atoms with Gasteiger partial charge in [0.15, 0.2) is 0 Å². The SMILES string of the molecule is Nc1cc(Cl)c(C=CCCS)c(Cl)c1. The third-order valence-corrected chi connectivity index (χ3v) is 2.57. The van der Waals surface area contributed by atoms with Crippen molar-refractivity contribution in [2.45, 2.75) is 6.42 Å². The number of nitrogens with two attached hydrogens (primary N) is 1. The molecule has 0 fully saturated rings. The van der Waals surface area contributed by atoms with Gasteiger partial charge in [0.2, 0.25) is 0 Å². The van der Waals surface area contributed by atoms with Gasteiger partial charge in [-0.2, -0.15) is 12.6 Å². The Hall–Kier alpha value is -0.310. The molecule has 1 aromatic rings. The summed E-state index contributed by atoms with van der Waals surface area (Å²) in [5.74, 6) is 0.806. The molecule has 0 unspecified atom stereocenters. The number of allylic oxidation sites excluding steroid dienone is 1. The molecule has 0 saturated heterocycles. The third-order valence-electron chi connectivity index (χ3n) is 1.68. The van der Waals surface area contributed by atoms with E-state index in [4.69, 9.17) is 28.9 Å². The summed E-state index contributed by atoms with van der Waals surface area (Å²) in [7, 11) is 0. The van der Waals surface area contributed by atoms with Crippen LogP contribution in [0.15, 0.2) is 18.2 Å². The van der Waals surface area contributed by atoms with Crippen molar-refractivity contribution >= 4 is 47.6 Å². The van der Waals surface area contributed by atoms with E-state index in [-0.39, 0.29) is 0 Å². The lowest BCUT2D eigenvalue weighted by Crippen LogP contribution is -1.87. The highest BCUT2D eigenvalue weighted by Gasteiger charge is 2.03. The maximum Gasteiger partial charge on any atom is 0.0513 e. The summed E-state index contributed by atoms with van der Waals surface area (Å²) in [6.45, 7) is 0. The van der Waals surface area contributed by atoms with Gasteiger partial charge in [0, 0.05) is 11.3 Å². The average Bonchev–Trinajstić information content (AvgIpc) is 2.09. The van der Waals surface area contributed by atoms with E-state index < -0.39 is 0 Å². The summed E-state index contributed by atoms with van der Waals surface area (Å²) in [4.78, 5) is 0. The first-order valence-electron chi connectivity index (χ1n) is 4.17. The zero-order valence-electron chi connectivity index (χ0n) is 7.50. The lowest BCUT2D eigenvalue weighted by Gasteiger charge is -2.03. The maximum absolute atomic E-state index is 5.98. The predicted molar refractivity (Wildman–Crippen MR) is 68.4 cm³/mol. The van der Waals surface area contributed by atoms with E-state index in [9.17, 15) is 0 Å². The van der Waals surface area contributed by atoms with Crippen LogP contribution in [0.3, 0.4) is 0 Å². The first kappa shape index (κ1) is 11.8. The van der Waals surface area contributed by atoms with E-state index in [1.807, 2.05) is 12.2 Å². The van der Waals surface area contributed by atoms with Crippen LogP contribution in [-0.2, 0) is 0 Å². The van der Waals surface area contributed by atoms with Gasteiger partial charge in [-0.1, -0.05) is 35.4 Å². The van der Waals surface area contributed by atoms with Gasteiger partial charge in [-0.05, 0) is 24.3 Å². The van der Waals surface area contributed by atoms with Crippen molar-refractivity contribution < 1.29 is 0 Å². The molecule has 0 bridgehead atoms. The smallest absolute Gasteiger partial charge is 0.0513 e. The molecule has 0 spiro atoms. The molecule has 0 aromatic heterocycles. The van der Waals surface area contributed by atoms with Gasteiger partial charge in [-0.15, -0.1) is 0 Å². The largest absolute Gasteiger partial charge is 0.399 e. The molecule has 1 aromatic carbocycles. The number of rotatable bonds is 3. The molecule has 0 atom stereocenters. The van der Waals surface area contributed by atoms with E-state index in [1.165, 1.54) is 0 Å². The lowest BCUT2D eigenvalue weighted by atomic mass is 10.2. The molecule has 0 amide bonds. The molecule has 1 rings (SSSR count). The lowest BCUT2D eigenvalue weighted by molar-refractivity contribution is 1.26. The Morgan fingerprint density at radius 1 is 1.29 bits per heavy atom. The highest BCUT2D eigenvalue weighted by molar-refractivity contribution is 7.80. The van der Waals surface area contributed by atoms with Crippen LogP contribution in [0.4, 0.5) is 5.69 Å². The van der Waals surface area contributed by atoms with Crippen molar-refractivity contribution in [3.05, 3.63) is 33.8 Å². The van der Waals surface area contributed by atoms with Crippen molar-refractivity contribution in [3.8, 4) is 0 Å². The zero-order chi connectivity index (χ0) is 10.6. The second kappa shape index (κ2) is 5.54. The second-order valence-corrected chi connectivity index (χ2v) is 4.07. The van der Waals surface area contributed by atoms with Crippen LogP contribution in [-0.4, -0.2) is 5.75 Å². The molecule has 4 heteroatoms. The molecule has 2 N–H and O–H groups in total. The molecular weight excluding hydrogens is 237 g/mol. The van der Waals surface area contributed by atoms with Gasteiger partial charge >= 0.3 is 0 Å². The van der Waals surface area contributed by atoms with Crippen molar-refractivity contribution in [3.63, 3.8) is 0 Å². The zero-order valence-corrected chi connectivity index (χ0v) is 9.91.